The first kappa shape index (κ1) is 13.4. The molecule has 2 aromatic rings. The number of thiazole rings is 1. The van der Waals surface area contributed by atoms with Gasteiger partial charge in [0.15, 0.2) is 0 Å². The van der Waals surface area contributed by atoms with Gasteiger partial charge in [-0.3, -0.25) is 0 Å². The van der Waals surface area contributed by atoms with Crippen LogP contribution in [0, 0.1) is 0 Å². The molecule has 1 aromatic heterocycles. The molecule has 5 nitrogen and oxygen atoms in total. The Hall–Kier alpha value is -2.08. The van der Waals surface area contributed by atoms with E-state index in [1.165, 1.54) is 17.5 Å². The van der Waals surface area contributed by atoms with Crippen molar-refractivity contribution in [3.63, 3.8) is 0 Å². The molecular formula is C13H13NO4S. The lowest BCUT2D eigenvalue weighted by Crippen LogP contribution is -2.08. The summed E-state index contributed by atoms with van der Waals surface area (Å²) < 4.78 is 14.8. The third-order valence-electron chi connectivity index (χ3n) is 2.27. The fourth-order valence-corrected chi connectivity index (χ4v) is 2.17. The van der Waals surface area contributed by atoms with E-state index in [0.29, 0.717) is 5.06 Å². The van der Waals surface area contributed by atoms with Gasteiger partial charge in [0.1, 0.15) is 10.8 Å². The lowest BCUT2D eigenvalue weighted by molar-refractivity contribution is 0.105. The minimum absolute atomic E-state index is 0.281. The van der Waals surface area contributed by atoms with E-state index in [-0.39, 0.29) is 6.61 Å². The van der Waals surface area contributed by atoms with E-state index < -0.39 is 6.16 Å². The van der Waals surface area contributed by atoms with Gasteiger partial charge in [0, 0.05) is 5.56 Å². The van der Waals surface area contributed by atoms with Crippen molar-refractivity contribution in [1.29, 1.82) is 0 Å². The maximum Gasteiger partial charge on any atom is 0.514 e. The summed E-state index contributed by atoms with van der Waals surface area (Å²) in [6.45, 7) is 2.00. The van der Waals surface area contributed by atoms with Gasteiger partial charge >= 0.3 is 6.16 Å². The van der Waals surface area contributed by atoms with Gasteiger partial charge in [0.2, 0.25) is 5.06 Å². The molecule has 0 saturated heterocycles. The van der Waals surface area contributed by atoms with Gasteiger partial charge in [-0.05, 0) is 31.2 Å². The van der Waals surface area contributed by atoms with Gasteiger partial charge in [0.05, 0.1) is 19.9 Å². The number of hydrogen-bond acceptors (Lipinski definition) is 6. The van der Waals surface area contributed by atoms with Crippen LogP contribution in [-0.4, -0.2) is 24.9 Å². The Morgan fingerprint density at radius 3 is 2.68 bits per heavy atom. The van der Waals surface area contributed by atoms with Crippen molar-refractivity contribution in [2.75, 3.05) is 13.7 Å². The molecule has 0 saturated carbocycles. The van der Waals surface area contributed by atoms with Crippen molar-refractivity contribution in [2.45, 2.75) is 6.92 Å². The summed E-state index contributed by atoms with van der Waals surface area (Å²) in [5.74, 6) is 0.781. The number of benzene rings is 1. The molecule has 0 unspecified atom stereocenters. The second-order valence-corrected chi connectivity index (χ2v) is 4.49. The van der Waals surface area contributed by atoms with Gasteiger partial charge in [0.25, 0.3) is 0 Å². The van der Waals surface area contributed by atoms with Crippen molar-refractivity contribution < 1.29 is 19.0 Å². The molecule has 0 spiro atoms. The quantitative estimate of drug-likeness (QED) is 0.803. The second kappa shape index (κ2) is 6.19. The first-order chi connectivity index (χ1) is 9.22. The molecule has 0 radical (unpaired) electrons. The van der Waals surface area contributed by atoms with Crippen LogP contribution in [0.15, 0.2) is 30.5 Å². The normalized spacial score (nSPS) is 10.0. The van der Waals surface area contributed by atoms with Gasteiger partial charge in [-0.2, -0.15) is 0 Å². The van der Waals surface area contributed by atoms with E-state index in [4.69, 9.17) is 14.2 Å². The monoisotopic (exact) mass is 279 g/mol. The van der Waals surface area contributed by atoms with Crippen molar-refractivity contribution in [3.05, 3.63) is 30.5 Å². The first-order valence-corrected chi connectivity index (χ1v) is 6.49. The summed E-state index contributed by atoms with van der Waals surface area (Å²) in [5.41, 5.74) is 0.935. The number of methoxy groups -OCH3 is 1. The van der Waals surface area contributed by atoms with Gasteiger partial charge in [-0.15, -0.1) is 0 Å². The van der Waals surface area contributed by atoms with E-state index in [2.05, 4.69) is 4.98 Å². The Labute approximate surface area is 114 Å². The maximum atomic E-state index is 11.2. The fraction of sp³-hybridized carbons (Fsp3) is 0.231. The molecule has 0 bridgehead atoms. The Kier molecular flexibility index (Phi) is 4.35. The Balaban J connectivity index is 2.09. The molecule has 0 aliphatic rings. The highest BCUT2D eigenvalue weighted by atomic mass is 32.1. The van der Waals surface area contributed by atoms with Crippen LogP contribution < -0.4 is 9.47 Å². The summed E-state index contributed by atoms with van der Waals surface area (Å²) in [4.78, 5) is 15.4. The molecule has 0 aliphatic carbocycles. The number of hydrogen-bond donors (Lipinski definition) is 0. The minimum atomic E-state index is -0.715. The summed E-state index contributed by atoms with van der Waals surface area (Å²) in [6, 6.07) is 7.49. The number of nitrogens with zero attached hydrogens (tertiary/aromatic N) is 1. The topological polar surface area (TPSA) is 57.7 Å². The highest BCUT2D eigenvalue weighted by molar-refractivity contribution is 7.16. The molecule has 1 aromatic carbocycles. The molecule has 0 atom stereocenters. The maximum absolute atomic E-state index is 11.2. The molecule has 19 heavy (non-hydrogen) atoms. The van der Waals surface area contributed by atoms with E-state index in [0.717, 1.165) is 16.3 Å². The van der Waals surface area contributed by atoms with Crippen LogP contribution in [0.2, 0.25) is 0 Å². The van der Waals surface area contributed by atoms with Crippen LogP contribution in [0.1, 0.15) is 6.92 Å². The van der Waals surface area contributed by atoms with Gasteiger partial charge < -0.3 is 14.2 Å². The Morgan fingerprint density at radius 1 is 1.32 bits per heavy atom. The van der Waals surface area contributed by atoms with Crippen LogP contribution in [0.4, 0.5) is 4.79 Å². The van der Waals surface area contributed by atoms with Crippen molar-refractivity contribution in [3.8, 4) is 21.4 Å². The molecular weight excluding hydrogens is 266 g/mol. The van der Waals surface area contributed by atoms with E-state index in [1.807, 2.05) is 24.3 Å². The summed E-state index contributed by atoms with van der Waals surface area (Å²) in [6.07, 6.45) is 0.786. The van der Waals surface area contributed by atoms with E-state index in [1.54, 1.807) is 14.0 Å². The van der Waals surface area contributed by atoms with Crippen LogP contribution in [0.3, 0.4) is 0 Å². The number of aromatic nitrogens is 1. The Morgan fingerprint density at radius 2 is 2.05 bits per heavy atom. The average molecular weight is 279 g/mol. The molecule has 1 heterocycles. The highest BCUT2D eigenvalue weighted by Crippen LogP contribution is 2.31. The zero-order valence-corrected chi connectivity index (χ0v) is 11.4. The summed E-state index contributed by atoms with van der Waals surface area (Å²) in [7, 11) is 1.61. The van der Waals surface area contributed by atoms with Crippen LogP contribution in [-0.2, 0) is 4.74 Å². The van der Waals surface area contributed by atoms with Gasteiger partial charge in [-0.1, -0.05) is 11.3 Å². The standard InChI is InChI=1S/C13H13NO4S/c1-3-17-13(15)18-11-8-14-12(19-11)9-4-6-10(16-2)7-5-9/h4-8H,3H2,1-2H3. The van der Waals surface area contributed by atoms with Crippen LogP contribution in [0.5, 0.6) is 10.8 Å². The largest absolute Gasteiger partial charge is 0.514 e. The van der Waals surface area contributed by atoms with Crippen molar-refractivity contribution >= 4 is 17.5 Å². The number of carbonyl (C=O) groups is 1. The van der Waals surface area contributed by atoms with Crippen LogP contribution >= 0.6 is 11.3 Å². The van der Waals surface area contributed by atoms with Crippen LogP contribution in [0.25, 0.3) is 10.6 Å². The third kappa shape index (κ3) is 3.45. The molecule has 2 rings (SSSR count). The minimum Gasteiger partial charge on any atom is -0.497 e. The molecule has 0 fully saturated rings. The second-order valence-electron chi connectivity index (χ2n) is 3.50. The Bertz CT molecular complexity index is 550. The molecule has 0 aliphatic heterocycles. The summed E-state index contributed by atoms with van der Waals surface area (Å²) >= 11 is 1.28. The average Bonchev–Trinajstić information content (AvgIpc) is 2.87. The van der Waals surface area contributed by atoms with E-state index >= 15 is 0 Å². The number of rotatable bonds is 4. The fourth-order valence-electron chi connectivity index (χ4n) is 1.40. The van der Waals surface area contributed by atoms with Crippen molar-refractivity contribution in [2.24, 2.45) is 0 Å². The predicted molar refractivity (Wildman–Crippen MR) is 71.8 cm³/mol. The smallest absolute Gasteiger partial charge is 0.497 e. The lowest BCUT2D eigenvalue weighted by atomic mass is 10.2. The summed E-state index contributed by atoms with van der Waals surface area (Å²) in [5, 5.41) is 1.17. The zero-order valence-electron chi connectivity index (χ0n) is 10.6. The molecule has 0 amide bonds. The first-order valence-electron chi connectivity index (χ1n) is 5.67. The molecule has 0 N–H and O–H groups in total. The number of carbonyl (C=O) groups excluding carboxylic acids is 1. The third-order valence-corrected chi connectivity index (χ3v) is 3.19. The van der Waals surface area contributed by atoms with Gasteiger partial charge in [-0.25, -0.2) is 9.78 Å². The zero-order chi connectivity index (χ0) is 13.7. The predicted octanol–water partition coefficient (Wildman–Crippen LogP) is 3.35. The SMILES string of the molecule is CCOC(=O)Oc1cnc(-c2ccc(OC)cc2)s1. The molecule has 6 heteroatoms. The van der Waals surface area contributed by atoms with Crippen molar-refractivity contribution in [1.82, 2.24) is 4.98 Å². The number of ether oxygens (including phenoxy) is 3. The van der Waals surface area contributed by atoms with E-state index in [9.17, 15) is 4.79 Å². The lowest BCUT2D eigenvalue weighted by Gasteiger charge is -2.00. The highest BCUT2D eigenvalue weighted by Gasteiger charge is 2.10. The molecule has 100 valence electrons.